The van der Waals surface area contributed by atoms with Crippen LogP contribution in [0.15, 0.2) is 60.8 Å². The fraction of sp³-hybridized carbons (Fsp3) is 0.577. The average Bonchev–Trinajstić information content (AvgIpc) is 3.67. The molecule has 7 amide bonds. The van der Waals surface area contributed by atoms with E-state index >= 15 is 4.79 Å². The lowest BCUT2D eigenvalue weighted by atomic mass is 10.0. The second-order valence-electron chi connectivity index (χ2n) is 21.4. The zero-order valence-corrected chi connectivity index (χ0v) is 47.3. The number of methoxy groups -OCH3 is 1. The van der Waals surface area contributed by atoms with Crippen LogP contribution in [0, 0.1) is 5.92 Å². The van der Waals surface area contributed by atoms with Crippen molar-refractivity contribution in [2.75, 3.05) is 37.1 Å². The molecule has 1 aliphatic heterocycles. The van der Waals surface area contributed by atoms with E-state index in [-0.39, 0.29) is 77.4 Å². The summed E-state index contributed by atoms with van der Waals surface area (Å²) in [6.07, 6.45) is 1.99. The number of hydrogen-bond donors (Lipinski definition) is 6. The zero-order valence-electron chi connectivity index (χ0n) is 45.3. The maximum absolute atomic E-state index is 15.1. The molecule has 7 N–H and O–H groups in total. The topological polar surface area (TPSA) is 240 Å². The summed E-state index contributed by atoms with van der Waals surface area (Å²) in [4.78, 5) is 82.5. The van der Waals surface area contributed by atoms with Crippen LogP contribution in [0.25, 0.3) is 0 Å². The van der Waals surface area contributed by atoms with Crippen molar-refractivity contribution in [3.05, 3.63) is 72.0 Å². The molecular weight excluding hydrogens is 955 g/mol. The highest BCUT2D eigenvalue weighted by Gasteiger charge is 2.48. The Morgan fingerprint density at radius 3 is 2.06 bits per heavy atom. The van der Waals surface area contributed by atoms with Gasteiger partial charge in [0.15, 0.2) is 14.1 Å². The Labute approximate surface area is 429 Å². The molecule has 18 nitrogen and oxygen atoms in total. The third-order valence-electron chi connectivity index (χ3n) is 13.7. The number of ether oxygens (including phenoxy) is 2. The first kappa shape index (κ1) is 60.4. The normalized spacial score (nSPS) is 14.9. The molecule has 0 bridgehead atoms. The SMILES string of the molecule is C=CCOC(=O)NC(C(=O)NC(CCCNC(N)=O)C(=O)Nc1ccc(CN(C(=O)O)c2cc(O[Si](C(C)C)(C(C)C)C(C)C)c(OC)cc2C(=O)N2C=C(C)CC2CO[Si](C)(C)C(C)(C)C)cc1)C(C)C. The van der Waals surface area contributed by atoms with Crippen LogP contribution in [-0.4, -0.2) is 108 Å². The number of amides is 7. The van der Waals surface area contributed by atoms with Crippen LogP contribution in [0.4, 0.5) is 25.8 Å². The minimum Gasteiger partial charge on any atom is -0.540 e. The van der Waals surface area contributed by atoms with Crippen molar-refractivity contribution in [1.29, 1.82) is 0 Å². The van der Waals surface area contributed by atoms with Gasteiger partial charge in [0.1, 0.15) is 24.4 Å². The molecule has 0 radical (unpaired) electrons. The molecule has 2 aromatic rings. The van der Waals surface area contributed by atoms with Crippen molar-refractivity contribution in [2.24, 2.45) is 11.7 Å². The molecule has 0 aromatic heterocycles. The number of rotatable bonds is 25. The first-order valence-corrected chi connectivity index (χ1v) is 29.9. The van der Waals surface area contributed by atoms with Gasteiger partial charge in [-0.3, -0.25) is 19.3 Å². The van der Waals surface area contributed by atoms with Crippen LogP contribution < -0.4 is 41.1 Å². The lowest BCUT2D eigenvalue weighted by Gasteiger charge is -2.42. The van der Waals surface area contributed by atoms with Gasteiger partial charge in [0.05, 0.1) is 37.6 Å². The minimum absolute atomic E-state index is 0.0578. The van der Waals surface area contributed by atoms with E-state index in [1.165, 1.54) is 13.2 Å². The second kappa shape index (κ2) is 26.2. The number of nitrogens with one attached hydrogen (secondary N) is 4. The van der Waals surface area contributed by atoms with E-state index in [2.05, 4.69) is 103 Å². The third-order valence-corrected chi connectivity index (χ3v) is 24.2. The number of alkyl carbamates (subject to hydrolysis) is 1. The quantitative estimate of drug-likeness (QED) is 0.0311. The van der Waals surface area contributed by atoms with E-state index < -0.39 is 64.7 Å². The summed E-state index contributed by atoms with van der Waals surface area (Å²) in [6.45, 7) is 32.8. The number of anilines is 2. The molecule has 3 rings (SSSR count). The van der Waals surface area contributed by atoms with Gasteiger partial charge in [-0.15, -0.1) is 0 Å². The molecule has 1 heterocycles. The summed E-state index contributed by atoms with van der Waals surface area (Å²) in [6, 6.07) is 6.48. The minimum atomic E-state index is -2.65. The van der Waals surface area contributed by atoms with Crippen molar-refractivity contribution < 1.29 is 52.2 Å². The molecule has 2 aromatic carbocycles. The van der Waals surface area contributed by atoms with Crippen molar-refractivity contribution >= 4 is 63.9 Å². The molecule has 20 heteroatoms. The number of urea groups is 1. The molecule has 0 aliphatic carbocycles. The first-order valence-electron chi connectivity index (χ1n) is 24.8. The molecule has 0 fully saturated rings. The largest absolute Gasteiger partial charge is 0.540 e. The number of benzene rings is 2. The van der Waals surface area contributed by atoms with Crippen LogP contribution >= 0.6 is 0 Å². The first-order chi connectivity index (χ1) is 33.5. The van der Waals surface area contributed by atoms with Crippen molar-refractivity contribution in [1.82, 2.24) is 20.9 Å². The van der Waals surface area contributed by atoms with Gasteiger partial charge in [0, 0.05) is 24.5 Å². The number of hydrogen-bond acceptors (Lipinski definition) is 10. The highest BCUT2D eigenvalue weighted by atomic mass is 28.4. The third kappa shape index (κ3) is 15.8. The Morgan fingerprint density at radius 1 is 0.931 bits per heavy atom. The predicted molar refractivity (Wildman–Crippen MR) is 287 cm³/mol. The predicted octanol–water partition coefficient (Wildman–Crippen LogP) is 9.88. The number of nitrogens with zero attached hydrogens (tertiary/aromatic N) is 2. The molecule has 0 saturated heterocycles. The van der Waals surface area contributed by atoms with E-state index in [1.807, 2.05) is 13.1 Å². The highest BCUT2D eigenvalue weighted by Crippen LogP contribution is 2.47. The van der Waals surface area contributed by atoms with Crippen molar-refractivity contribution in [3.63, 3.8) is 0 Å². The number of carbonyl (C=O) groups is 6. The highest BCUT2D eigenvalue weighted by molar-refractivity contribution is 6.78. The fourth-order valence-corrected chi connectivity index (χ4v) is 15.2. The van der Waals surface area contributed by atoms with E-state index in [4.69, 9.17) is 24.1 Å². The molecule has 3 atom stereocenters. The molecule has 0 spiro atoms. The Hall–Kier alpha value is -5.87. The fourth-order valence-electron chi connectivity index (χ4n) is 8.86. The van der Waals surface area contributed by atoms with E-state index in [1.54, 1.807) is 55.1 Å². The Morgan fingerprint density at radius 2 is 1.54 bits per heavy atom. The van der Waals surface area contributed by atoms with Gasteiger partial charge in [-0.25, -0.2) is 14.4 Å². The Balaban J connectivity index is 2.09. The van der Waals surface area contributed by atoms with Crippen LogP contribution in [0.1, 0.15) is 118 Å². The van der Waals surface area contributed by atoms with Crippen LogP contribution in [0.3, 0.4) is 0 Å². The number of primary amides is 1. The number of carbonyl (C=O) groups excluding carboxylic acids is 5. The van der Waals surface area contributed by atoms with Crippen LogP contribution in [0.2, 0.25) is 34.8 Å². The molecule has 400 valence electrons. The average molecular weight is 1040 g/mol. The van der Waals surface area contributed by atoms with Gasteiger partial charge >= 0.3 is 18.2 Å². The Bertz CT molecular complexity index is 2240. The molecular formula is C52H83N7O11Si2. The van der Waals surface area contributed by atoms with Crippen molar-refractivity contribution in [3.8, 4) is 11.5 Å². The number of carboxylic acid groups (broad SMARTS) is 1. The van der Waals surface area contributed by atoms with Crippen molar-refractivity contribution in [2.45, 2.75) is 162 Å². The van der Waals surface area contributed by atoms with Crippen LogP contribution in [0.5, 0.6) is 11.5 Å². The van der Waals surface area contributed by atoms with Gasteiger partial charge in [0.25, 0.3) is 14.2 Å². The van der Waals surface area contributed by atoms with Gasteiger partial charge < -0.3 is 55.3 Å². The summed E-state index contributed by atoms with van der Waals surface area (Å²) >= 11 is 0. The Kier molecular flexibility index (Phi) is 22.0. The number of nitrogens with two attached hydrogens (primary N) is 1. The zero-order chi connectivity index (χ0) is 54.5. The summed E-state index contributed by atoms with van der Waals surface area (Å²) in [7, 11) is -3.35. The van der Waals surface area contributed by atoms with Crippen LogP contribution in [-0.2, 0) is 25.3 Å². The smallest absolute Gasteiger partial charge is 0.412 e. The maximum atomic E-state index is 15.1. The summed E-state index contributed by atoms with van der Waals surface area (Å²) in [5.74, 6) is -1.37. The molecule has 1 aliphatic rings. The van der Waals surface area contributed by atoms with Gasteiger partial charge in [0.2, 0.25) is 11.8 Å². The van der Waals surface area contributed by atoms with E-state index in [0.717, 1.165) is 10.5 Å². The van der Waals surface area contributed by atoms with Gasteiger partial charge in [-0.1, -0.05) is 107 Å². The van der Waals surface area contributed by atoms with E-state index in [9.17, 15) is 29.1 Å². The standard InChI is InChI=1S/C52H83N7O11Si2/c1-17-25-68-50(64)57-45(32(2)3)47(61)56-41(19-18-24-54-49(53)63)46(60)55-38-22-20-37(21-23-38)30-59(51(65)66)42-28-44(70-72(33(4)5,34(6)7)35(8)9)43(67-14)27-40(42)48(62)58-29-36(10)26-39(58)31-69-71(15,16)52(11,12)13/h17,20-23,27-29,32-35,39,41,45H,1,18-19,24-26,30-31H2,2-16H3,(H,55,60)(H,56,61)(H,57,64)(H,65,66)(H3,53,54,63). The molecule has 72 heavy (non-hydrogen) atoms. The summed E-state index contributed by atoms with van der Waals surface area (Å²) < 4.78 is 24.8. The summed E-state index contributed by atoms with van der Waals surface area (Å²) in [5, 5.41) is 21.5. The van der Waals surface area contributed by atoms with Gasteiger partial charge in [-0.2, -0.15) is 0 Å². The monoisotopic (exact) mass is 1040 g/mol. The molecule has 3 unspecified atom stereocenters. The molecule has 0 saturated carbocycles. The second-order valence-corrected chi connectivity index (χ2v) is 31.5. The summed E-state index contributed by atoms with van der Waals surface area (Å²) in [5.41, 5.74) is 7.78. The lowest BCUT2D eigenvalue weighted by Crippen LogP contribution is -2.54. The van der Waals surface area contributed by atoms with Gasteiger partial charge in [-0.05, 0) is 90.6 Å². The lowest BCUT2D eigenvalue weighted by molar-refractivity contribution is -0.128. The maximum Gasteiger partial charge on any atom is 0.412 e. The van der Waals surface area contributed by atoms with E-state index in [0.29, 0.717) is 35.8 Å².